The van der Waals surface area contributed by atoms with Crippen LogP contribution in [0.25, 0.3) is 0 Å². The minimum absolute atomic E-state index is 0.0118. The third-order valence-corrected chi connectivity index (χ3v) is 3.32. The van der Waals surface area contributed by atoms with Crippen molar-refractivity contribution in [3.8, 4) is 5.75 Å². The van der Waals surface area contributed by atoms with Gasteiger partial charge in [-0.25, -0.2) is 8.78 Å². The molecule has 0 amide bonds. The Kier molecular flexibility index (Phi) is 6.10. The minimum Gasteiger partial charge on any atom is -0.466 e. The molecule has 0 aliphatic carbocycles. The first-order valence-electron chi connectivity index (χ1n) is 5.52. The Balaban J connectivity index is 3.20. The molecular formula is C11H9F5INO3. The predicted octanol–water partition coefficient (Wildman–Crippen LogP) is 3.63. The Morgan fingerprint density at radius 1 is 1.43 bits per heavy atom. The van der Waals surface area contributed by atoms with E-state index >= 15 is 0 Å². The van der Waals surface area contributed by atoms with Gasteiger partial charge in [0.2, 0.25) is 0 Å². The fourth-order valence-electron chi connectivity index (χ4n) is 1.38. The third kappa shape index (κ3) is 5.25. The van der Waals surface area contributed by atoms with Gasteiger partial charge in [0.15, 0.2) is 5.75 Å². The third-order valence-electron chi connectivity index (χ3n) is 2.14. The molecule has 0 aromatic carbocycles. The predicted molar refractivity (Wildman–Crippen MR) is 68.9 cm³/mol. The number of hydrogen-bond acceptors (Lipinski definition) is 4. The van der Waals surface area contributed by atoms with Crippen LogP contribution in [-0.4, -0.2) is 23.9 Å². The largest absolute Gasteiger partial charge is 0.573 e. The summed E-state index contributed by atoms with van der Waals surface area (Å²) in [5.74, 6) is -1.81. The van der Waals surface area contributed by atoms with Crippen molar-refractivity contribution in [1.29, 1.82) is 0 Å². The molecule has 0 N–H and O–H groups in total. The van der Waals surface area contributed by atoms with Gasteiger partial charge in [-0.2, -0.15) is 0 Å². The van der Waals surface area contributed by atoms with Crippen molar-refractivity contribution in [3.05, 3.63) is 21.0 Å². The van der Waals surface area contributed by atoms with Crippen molar-refractivity contribution in [3.63, 3.8) is 0 Å². The Labute approximate surface area is 129 Å². The maximum Gasteiger partial charge on any atom is 0.573 e. The van der Waals surface area contributed by atoms with Gasteiger partial charge in [0.25, 0.3) is 6.43 Å². The Hall–Kier alpha value is -1.20. The van der Waals surface area contributed by atoms with Crippen molar-refractivity contribution in [2.45, 2.75) is 26.1 Å². The zero-order valence-electron chi connectivity index (χ0n) is 10.5. The van der Waals surface area contributed by atoms with E-state index in [9.17, 15) is 26.7 Å². The molecule has 0 aliphatic rings. The summed E-state index contributed by atoms with van der Waals surface area (Å²) < 4.78 is 70.2. The minimum atomic E-state index is -5.15. The number of nitrogens with zero attached hydrogens (tertiary/aromatic N) is 1. The Morgan fingerprint density at radius 2 is 2.05 bits per heavy atom. The molecule has 0 spiro atoms. The molecule has 0 atom stereocenters. The molecule has 1 heterocycles. The maximum atomic E-state index is 12.7. The van der Waals surface area contributed by atoms with E-state index < -0.39 is 36.6 Å². The van der Waals surface area contributed by atoms with Crippen LogP contribution in [0.3, 0.4) is 0 Å². The van der Waals surface area contributed by atoms with E-state index in [1.807, 2.05) is 0 Å². The summed E-state index contributed by atoms with van der Waals surface area (Å²) in [4.78, 5) is 14.6. The van der Waals surface area contributed by atoms with Crippen LogP contribution in [0.15, 0.2) is 6.20 Å². The van der Waals surface area contributed by atoms with Crippen LogP contribution in [-0.2, 0) is 16.0 Å². The second kappa shape index (κ2) is 7.18. The summed E-state index contributed by atoms with van der Waals surface area (Å²) >= 11 is 1.40. The highest BCUT2D eigenvalue weighted by molar-refractivity contribution is 14.1. The molecular weight excluding hydrogens is 416 g/mol. The van der Waals surface area contributed by atoms with Crippen molar-refractivity contribution in [2.75, 3.05) is 6.61 Å². The first kappa shape index (κ1) is 17.9. The number of rotatable bonds is 5. The molecule has 0 aliphatic heterocycles. The number of halogens is 6. The summed E-state index contributed by atoms with van der Waals surface area (Å²) in [5.41, 5.74) is -1.12. The first-order valence-corrected chi connectivity index (χ1v) is 6.60. The fourth-order valence-corrected chi connectivity index (χ4v) is 2.10. The molecule has 1 rings (SSSR count). The lowest BCUT2D eigenvalue weighted by atomic mass is 10.2. The van der Waals surface area contributed by atoms with Crippen molar-refractivity contribution >= 4 is 28.6 Å². The van der Waals surface area contributed by atoms with Gasteiger partial charge in [-0.05, 0) is 35.1 Å². The molecule has 10 heteroatoms. The van der Waals surface area contributed by atoms with Gasteiger partial charge in [0.1, 0.15) is 5.69 Å². The maximum absolute atomic E-state index is 12.7. The highest BCUT2D eigenvalue weighted by Gasteiger charge is 2.35. The molecule has 0 bridgehead atoms. The van der Waals surface area contributed by atoms with Crippen LogP contribution in [0.5, 0.6) is 5.75 Å². The summed E-state index contributed by atoms with van der Waals surface area (Å²) in [6.07, 6.45) is -7.87. The zero-order valence-corrected chi connectivity index (χ0v) is 12.7. The lowest BCUT2D eigenvalue weighted by molar-refractivity contribution is -0.275. The lowest BCUT2D eigenvalue weighted by Crippen LogP contribution is -2.20. The monoisotopic (exact) mass is 425 g/mol. The van der Waals surface area contributed by atoms with E-state index in [4.69, 9.17) is 0 Å². The number of alkyl halides is 5. The summed E-state index contributed by atoms with van der Waals surface area (Å²) in [7, 11) is 0. The molecule has 0 radical (unpaired) electrons. The number of carbonyl (C=O) groups is 1. The molecule has 0 saturated carbocycles. The summed E-state index contributed by atoms with van der Waals surface area (Å²) in [5, 5.41) is 0. The Bertz CT molecular complexity index is 521. The van der Waals surface area contributed by atoms with E-state index in [-0.39, 0.29) is 15.7 Å². The molecule has 118 valence electrons. The van der Waals surface area contributed by atoms with Crippen LogP contribution in [0.4, 0.5) is 22.0 Å². The highest BCUT2D eigenvalue weighted by Crippen LogP contribution is 2.36. The number of carbonyl (C=O) groups excluding carboxylic acids is 1. The van der Waals surface area contributed by atoms with Crippen molar-refractivity contribution in [2.24, 2.45) is 0 Å². The van der Waals surface area contributed by atoms with Gasteiger partial charge in [-0.15, -0.1) is 13.2 Å². The first-order chi connectivity index (χ1) is 9.65. The normalized spacial score (nSPS) is 11.6. The van der Waals surface area contributed by atoms with Gasteiger partial charge >= 0.3 is 12.3 Å². The topological polar surface area (TPSA) is 48.4 Å². The number of hydrogen-bond donors (Lipinski definition) is 0. The van der Waals surface area contributed by atoms with Crippen molar-refractivity contribution in [1.82, 2.24) is 4.98 Å². The van der Waals surface area contributed by atoms with Gasteiger partial charge < -0.3 is 9.47 Å². The van der Waals surface area contributed by atoms with Crippen LogP contribution in [0.2, 0.25) is 0 Å². The van der Waals surface area contributed by atoms with E-state index in [1.54, 1.807) is 6.92 Å². The average Bonchev–Trinajstić information content (AvgIpc) is 2.32. The molecule has 0 unspecified atom stereocenters. The van der Waals surface area contributed by atoms with E-state index in [0.717, 1.165) is 6.20 Å². The molecule has 1 aromatic rings. The summed E-state index contributed by atoms with van der Waals surface area (Å²) in [6.45, 7) is 1.64. The van der Waals surface area contributed by atoms with E-state index in [2.05, 4.69) is 14.5 Å². The molecule has 21 heavy (non-hydrogen) atoms. The molecule has 0 fully saturated rings. The standard InChI is InChI=1S/C11H9F5INO3/c1-2-20-6(19)3-5-4-18-8(10(12)13)9(7(5)17)21-11(14,15)16/h4,10H,2-3H2,1H3. The molecule has 0 saturated heterocycles. The average molecular weight is 425 g/mol. The second-order valence-corrected chi connectivity index (χ2v) is 4.72. The van der Waals surface area contributed by atoms with E-state index in [1.165, 1.54) is 22.6 Å². The number of pyridine rings is 1. The quantitative estimate of drug-likeness (QED) is 0.411. The van der Waals surface area contributed by atoms with Gasteiger partial charge in [-0.1, -0.05) is 0 Å². The SMILES string of the molecule is CCOC(=O)Cc1cnc(C(F)F)c(OC(F)(F)F)c1I. The van der Waals surface area contributed by atoms with Crippen LogP contribution in [0.1, 0.15) is 24.6 Å². The fraction of sp³-hybridized carbons (Fsp3) is 0.455. The lowest BCUT2D eigenvalue weighted by Gasteiger charge is -2.16. The van der Waals surface area contributed by atoms with Gasteiger partial charge in [-0.3, -0.25) is 9.78 Å². The zero-order chi connectivity index (χ0) is 16.2. The van der Waals surface area contributed by atoms with Crippen LogP contribution < -0.4 is 4.74 Å². The van der Waals surface area contributed by atoms with Crippen LogP contribution >= 0.6 is 22.6 Å². The highest BCUT2D eigenvalue weighted by atomic mass is 127. The van der Waals surface area contributed by atoms with Crippen LogP contribution in [0, 0.1) is 3.57 Å². The van der Waals surface area contributed by atoms with Crippen molar-refractivity contribution < 1.29 is 36.2 Å². The molecule has 4 nitrogen and oxygen atoms in total. The van der Waals surface area contributed by atoms with Gasteiger partial charge in [0.05, 0.1) is 16.6 Å². The summed E-state index contributed by atoms with van der Waals surface area (Å²) in [6, 6.07) is 0. The number of esters is 1. The number of ether oxygens (including phenoxy) is 2. The van der Waals surface area contributed by atoms with E-state index in [0.29, 0.717) is 0 Å². The van der Waals surface area contributed by atoms with Gasteiger partial charge in [0, 0.05) is 6.20 Å². The second-order valence-electron chi connectivity index (χ2n) is 3.64. The Morgan fingerprint density at radius 3 is 2.52 bits per heavy atom. The number of aromatic nitrogens is 1. The molecule has 1 aromatic heterocycles. The smallest absolute Gasteiger partial charge is 0.466 e.